The molecule has 0 radical (unpaired) electrons. The van der Waals surface area contributed by atoms with Crippen LogP contribution in [-0.2, 0) is 5.41 Å². The van der Waals surface area contributed by atoms with Crippen LogP contribution in [0.25, 0.3) is 71.5 Å². The summed E-state index contributed by atoms with van der Waals surface area (Å²) in [5, 5.41) is 5.48. The van der Waals surface area contributed by atoms with Crippen LogP contribution in [0.15, 0.2) is 170 Å². The molecule has 2 aromatic heterocycles. The van der Waals surface area contributed by atoms with Gasteiger partial charge >= 0.3 is 304 Å². The molecule has 2 heteroatoms. The molecular formula is C49H28IN. The zero-order valence-electron chi connectivity index (χ0n) is 27.5. The van der Waals surface area contributed by atoms with E-state index in [0.717, 1.165) is 0 Å². The zero-order valence-corrected chi connectivity index (χ0v) is 29.6. The topological polar surface area (TPSA) is 4.41 Å². The van der Waals surface area contributed by atoms with Crippen LogP contribution in [0, 0.1) is 10.7 Å². The maximum atomic E-state index is 2.62. The molecule has 3 aliphatic rings. The molecule has 1 aliphatic carbocycles. The van der Waals surface area contributed by atoms with Gasteiger partial charge in [-0.3, -0.25) is 0 Å². The molecule has 4 heterocycles. The third kappa shape index (κ3) is 3.01. The second-order valence-corrected chi connectivity index (χ2v) is 19.2. The van der Waals surface area contributed by atoms with Crippen molar-refractivity contribution in [2.75, 3.05) is 0 Å². The number of nitrogens with zero attached hydrogens (tertiary/aromatic N) is 1. The molecule has 0 saturated carbocycles. The van der Waals surface area contributed by atoms with E-state index in [1.807, 2.05) is 0 Å². The van der Waals surface area contributed by atoms with Gasteiger partial charge in [0.1, 0.15) is 0 Å². The second kappa shape index (κ2) is 9.34. The van der Waals surface area contributed by atoms with Crippen molar-refractivity contribution in [1.29, 1.82) is 0 Å². The quantitative estimate of drug-likeness (QED) is 0.155. The number of aromatic nitrogens is 1. The average molecular weight is 758 g/mol. The van der Waals surface area contributed by atoms with Gasteiger partial charge < -0.3 is 0 Å². The van der Waals surface area contributed by atoms with Crippen molar-refractivity contribution in [3.8, 4) is 33.4 Å². The van der Waals surface area contributed by atoms with Crippen LogP contribution in [0.3, 0.4) is 0 Å². The number of hydrogen-bond acceptors (Lipinski definition) is 0. The van der Waals surface area contributed by atoms with Gasteiger partial charge in [0.2, 0.25) is 0 Å². The molecule has 0 N–H and O–H groups in total. The molecule has 0 atom stereocenters. The van der Waals surface area contributed by atoms with E-state index in [1.54, 1.807) is 10.7 Å². The summed E-state index contributed by atoms with van der Waals surface area (Å²) in [5.41, 5.74) is 17.6. The summed E-state index contributed by atoms with van der Waals surface area (Å²) in [6, 6.07) is 64.8. The summed E-state index contributed by atoms with van der Waals surface area (Å²) in [5.74, 6) is 0. The number of rotatable bonds is 2. The van der Waals surface area contributed by atoms with E-state index in [-0.39, 0.29) is 0 Å². The molecule has 0 bridgehead atoms. The molecule has 8 aromatic carbocycles. The van der Waals surface area contributed by atoms with Crippen LogP contribution >= 0.6 is 19.8 Å². The minimum absolute atomic E-state index is 0.447. The van der Waals surface area contributed by atoms with E-state index in [4.69, 9.17) is 0 Å². The molecule has 2 aliphatic heterocycles. The Bertz CT molecular complexity index is 3090. The van der Waals surface area contributed by atoms with Crippen LogP contribution in [-0.4, -0.2) is 4.40 Å². The van der Waals surface area contributed by atoms with Crippen molar-refractivity contribution in [3.63, 3.8) is 0 Å². The van der Waals surface area contributed by atoms with Crippen LogP contribution in [0.5, 0.6) is 0 Å². The first kappa shape index (κ1) is 27.1. The first-order chi connectivity index (χ1) is 25.4. The Kier molecular flexibility index (Phi) is 4.95. The third-order valence-corrected chi connectivity index (χ3v) is 18.4. The standard InChI is InChI=1S/C49H28IN/c1-3-14-29(15-4-1)49(30-16-5-2-6-17-30)38-23-10-7-18-31(38)33-26-27-40-43(46(33)49)37-28-42-44(45-35-20-8-11-24-39(35)50(40)47(37)45)36-22-13-21-34-32-19-9-12-25-41(32)51(42)48(34)36/h1-28H. The SMILES string of the molecule is c1ccc(C2(c3ccccc3)c3ccccc3-c3ccc4c(c32)-c2cc3c(c5c2I4c2ccccc2-5)c2cccc4c5ccccc5n3c42)cc1. The van der Waals surface area contributed by atoms with E-state index < -0.39 is 25.2 Å². The Balaban J connectivity index is 1.27. The van der Waals surface area contributed by atoms with Crippen LogP contribution < -0.4 is 0 Å². The van der Waals surface area contributed by atoms with E-state index in [1.165, 1.54) is 93.7 Å². The molecule has 0 fully saturated rings. The molecule has 0 spiro atoms. The van der Waals surface area contributed by atoms with E-state index >= 15 is 0 Å². The minimum atomic E-state index is -2.04. The maximum absolute atomic E-state index is 2.62. The molecular weight excluding hydrogens is 729 g/mol. The number of hydrogen-bond donors (Lipinski definition) is 0. The number of halogens is 1. The molecule has 1 nitrogen and oxygen atoms in total. The van der Waals surface area contributed by atoms with Gasteiger partial charge in [-0.05, 0) is 0 Å². The van der Waals surface area contributed by atoms with Crippen LogP contribution in [0.2, 0.25) is 0 Å². The second-order valence-electron chi connectivity index (χ2n) is 14.2. The average Bonchev–Trinajstić information content (AvgIpc) is 3.98. The first-order valence-corrected chi connectivity index (χ1v) is 21.0. The van der Waals surface area contributed by atoms with Gasteiger partial charge in [-0.15, -0.1) is 0 Å². The fourth-order valence-corrected chi connectivity index (χ4v) is 17.4. The summed E-state index contributed by atoms with van der Waals surface area (Å²) in [6.45, 7) is 0. The van der Waals surface area contributed by atoms with E-state index in [9.17, 15) is 0 Å². The van der Waals surface area contributed by atoms with Gasteiger partial charge in [0.05, 0.1) is 0 Å². The normalized spacial score (nSPS) is 15.1. The molecule has 13 rings (SSSR count). The molecule has 0 saturated heterocycles. The van der Waals surface area contributed by atoms with Crippen molar-refractivity contribution in [1.82, 2.24) is 4.40 Å². The van der Waals surface area contributed by atoms with Gasteiger partial charge in [0, 0.05) is 0 Å². The Morgan fingerprint density at radius 3 is 1.92 bits per heavy atom. The predicted molar refractivity (Wildman–Crippen MR) is 219 cm³/mol. The summed E-state index contributed by atoms with van der Waals surface area (Å²) in [7, 11) is 0. The van der Waals surface area contributed by atoms with Gasteiger partial charge in [0.15, 0.2) is 0 Å². The molecule has 10 aromatic rings. The Labute approximate surface area is 302 Å². The van der Waals surface area contributed by atoms with Gasteiger partial charge in [-0.25, -0.2) is 0 Å². The zero-order chi connectivity index (χ0) is 33.0. The fourth-order valence-electron chi connectivity index (χ4n) is 10.3. The number of fused-ring (bicyclic) bond motifs is 17. The number of benzene rings is 8. The van der Waals surface area contributed by atoms with E-state index in [0.29, 0.717) is 0 Å². The van der Waals surface area contributed by atoms with E-state index in [2.05, 4.69) is 174 Å². The molecule has 0 amide bonds. The van der Waals surface area contributed by atoms with Crippen LogP contribution in [0.1, 0.15) is 22.3 Å². The summed E-state index contributed by atoms with van der Waals surface area (Å²) < 4.78 is 7.39. The molecule has 0 unspecified atom stereocenters. The predicted octanol–water partition coefficient (Wildman–Crippen LogP) is 12.6. The Morgan fingerprint density at radius 2 is 1.10 bits per heavy atom. The van der Waals surface area contributed by atoms with Crippen molar-refractivity contribution in [2.24, 2.45) is 0 Å². The molecule has 236 valence electrons. The van der Waals surface area contributed by atoms with Crippen LogP contribution in [0.4, 0.5) is 0 Å². The van der Waals surface area contributed by atoms with Crippen molar-refractivity contribution in [3.05, 3.63) is 203 Å². The fraction of sp³-hybridized carbons (Fsp3) is 0.0204. The summed E-state index contributed by atoms with van der Waals surface area (Å²) in [6.07, 6.45) is 0. The monoisotopic (exact) mass is 757 g/mol. The van der Waals surface area contributed by atoms with Crippen molar-refractivity contribution in [2.45, 2.75) is 5.41 Å². The molecule has 51 heavy (non-hydrogen) atoms. The number of para-hydroxylation sites is 2. The van der Waals surface area contributed by atoms with Gasteiger partial charge in [0.25, 0.3) is 0 Å². The third-order valence-electron chi connectivity index (χ3n) is 12.0. The Morgan fingerprint density at radius 1 is 0.431 bits per heavy atom. The van der Waals surface area contributed by atoms with Gasteiger partial charge in [-0.2, -0.15) is 0 Å². The van der Waals surface area contributed by atoms with Gasteiger partial charge in [-0.1, -0.05) is 0 Å². The summed E-state index contributed by atoms with van der Waals surface area (Å²) >= 11 is -2.04. The Hall–Kier alpha value is -5.71. The summed E-state index contributed by atoms with van der Waals surface area (Å²) in [4.78, 5) is 0. The first-order valence-electron chi connectivity index (χ1n) is 17.8. The van der Waals surface area contributed by atoms with Crippen molar-refractivity contribution >= 4 is 57.9 Å². The van der Waals surface area contributed by atoms with Crippen molar-refractivity contribution < 1.29 is 0 Å².